The molecular weight excluding hydrogens is 430 g/mol. The second kappa shape index (κ2) is 10.1. The highest BCUT2D eigenvalue weighted by molar-refractivity contribution is 5.91. The normalized spacial score (nSPS) is 10.8. The molecule has 2 N–H and O–H groups in total. The van der Waals surface area contributed by atoms with E-state index < -0.39 is 0 Å². The Hall–Kier alpha value is -4.27. The van der Waals surface area contributed by atoms with Crippen molar-refractivity contribution in [2.45, 2.75) is 27.3 Å². The molecule has 4 aromatic rings. The molecule has 2 heterocycles. The minimum atomic E-state index is -0.314. The number of hydrogen-bond acceptors (Lipinski definition) is 7. The number of amides is 1. The number of hydrogen-bond donors (Lipinski definition) is 2. The van der Waals surface area contributed by atoms with Gasteiger partial charge < -0.3 is 15.5 Å². The van der Waals surface area contributed by atoms with Gasteiger partial charge in [0, 0.05) is 36.2 Å². The maximum Gasteiger partial charge on any atom is 0.261 e. The summed E-state index contributed by atoms with van der Waals surface area (Å²) in [7, 11) is 0. The zero-order valence-electron chi connectivity index (χ0n) is 19.4. The highest BCUT2D eigenvalue weighted by Crippen LogP contribution is 2.20. The Morgan fingerprint density at radius 3 is 2.44 bits per heavy atom. The van der Waals surface area contributed by atoms with Gasteiger partial charge in [-0.15, -0.1) is 0 Å². The summed E-state index contributed by atoms with van der Waals surface area (Å²) in [5.74, 6) is 1.08. The summed E-state index contributed by atoms with van der Waals surface area (Å²) in [6.07, 6.45) is 1.39. The summed E-state index contributed by atoms with van der Waals surface area (Å²) in [4.78, 5) is 40.6. The molecule has 0 aliphatic heterocycles. The van der Waals surface area contributed by atoms with E-state index >= 15 is 0 Å². The van der Waals surface area contributed by atoms with E-state index in [-0.39, 0.29) is 18.0 Å². The molecule has 0 spiro atoms. The van der Waals surface area contributed by atoms with Gasteiger partial charge in [0.1, 0.15) is 12.4 Å². The minimum absolute atomic E-state index is 0.123. The molecule has 0 bridgehead atoms. The average Bonchev–Trinajstić information content (AvgIpc) is 2.83. The van der Waals surface area contributed by atoms with Crippen LogP contribution in [0.25, 0.3) is 10.9 Å². The highest BCUT2D eigenvalue weighted by Gasteiger charge is 2.10. The number of fused-ring (bicyclic) bond motifs is 1. The van der Waals surface area contributed by atoms with E-state index in [1.54, 1.807) is 30.3 Å². The van der Waals surface area contributed by atoms with Crippen molar-refractivity contribution in [3.8, 4) is 0 Å². The lowest BCUT2D eigenvalue weighted by molar-refractivity contribution is -0.116. The first kappa shape index (κ1) is 22.9. The smallest absolute Gasteiger partial charge is 0.261 e. The van der Waals surface area contributed by atoms with Crippen molar-refractivity contribution in [3.63, 3.8) is 0 Å². The van der Waals surface area contributed by atoms with Crippen molar-refractivity contribution in [2.24, 2.45) is 0 Å². The Bertz CT molecular complexity index is 1360. The van der Waals surface area contributed by atoms with Crippen LogP contribution < -0.4 is 21.1 Å². The molecule has 9 heteroatoms. The van der Waals surface area contributed by atoms with Crippen LogP contribution in [0, 0.1) is 6.92 Å². The lowest BCUT2D eigenvalue weighted by atomic mass is 10.2. The molecule has 0 aliphatic carbocycles. The van der Waals surface area contributed by atoms with E-state index in [0.717, 1.165) is 30.3 Å². The highest BCUT2D eigenvalue weighted by atomic mass is 16.2. The molecule has 4 rings (SSSR count). The summed E-state index contributed by atoms with van der Waals surface area (Å²) in [5, 5.41) is 6.51. The number of aromatic nitrogens is 4. The minimum Gasteiger partial charge on any atom is -0.357 e. The van der Waals surface area contributed by atoms with Crippen molar-refractivity contribution in [1.29, 1.82) is 0 Å². The maximum absolute atomic E-state index is 12.6. The zero-order chi connectivity index (χ0) is 24.1. The number of carbonyl (C=O) groups excluding carboxylic acids is 1. The second-order valence-corrected chi connectivity index (χ2v) is 7.81. The van der Waals surface area contributed by atoms with Crippen molar-refractivity contribution in [2.75, 3.05) is 28.6 Å². The Kier molecular flexibility index (Phi) is 6.82. The molecule has 34 heavy (non-hydrogen) atoms. The summed E-state index contributed by atoms with van der Waals surface area (Å²) in [6, 6.07) is 16.3. The van der Waals surface area contributed by atoms with Gasteiger partial charge >= 0.3 is 0 Å². The Labute approximate surface area is 197 Å². The van der Waals surface area contributed by atoms with E-state index in [0.29, 0.717) is 22.5 Å². The van der Waals surface area contributed by atoms with Gasteiger partial charge in [-0.3, -0.25) is 14.2 Å². The monoisotopic (exact) mass is 457 g/mol. The molecule has 174 valence electrons. The van der Waals surface area contributed by atoms with E-state index in [4.69, 9.17) is 0 Å². The second-order valence-electron chi connectivity index (χ2n) is 7.81. The predicted octanol–water partition coefficient (Wildman–Crippen LogP) is 3.72. The quantitative estimate of drug-likeness (QED) is 0.415. The van der Waals surface area contributed by atoms with Crippen LogP contribution in [0.5, 0.6) is 0 Å². The number of anilines is 4. The number of aryl methyl sites for hydroxylation is 1. The van der Waals surface area contributed by atoms with E-state index in [9.17, 15) is 9.59 Å². The predicted molar refractivity (Wildman–Crippen MR) is 135 cm³/mol. The number of para-hydroxylation sites is 1. The third-order valence-electron chi connectivity index (χ3n) is 5.40. The third-order valence-corrected chi connectivity index (χ3v) is 5.40. The first-order chi connectivity index (χ1) is 16.5. The van der Waals surface area contributed by atoms with Crippen molar-refractivity contribution in [1.82, 2.24) is 19.5 Å². The van der Waals surface area contributed by atoms with Crippen LogP contribution in [-0.4, -0.2) is 38.5 Å². The summed E-state index contributed by atoms with van der Waals surface area (Å²) in [5.41, 5.74) is 2.65. The van der Waals surface area contributed by atoms with Crippen LogP contribution in [0.15, 0.2) is 65.7 Å². The van der Waals surface area contributed by atoms with Crippen molar-refractivity contribution in [3.05, 3.63) is 77.0 Å². The molecule has 1 amide bonds. The molecule has 0 unspecified atom stereocenters. The maximum atomic E-state index is 12.6. The summed E-state index contributed by atoms with van der Waals surface area (Å²) >= 11 is 0. The van der Waals surface area contributed by atoms with E-state index in [2.05, 4.69) is 44.3 Å². The van der Waals surface area contributed by atoms with Crippen LogP contribution in [-0.2, 0) is 11.3 Å². The fraction of sp³-hybridized carbons (Fsp3) is 0.240. The third kappa shape index (κ3) is 5.20. The topological polar surface area (TPSA) is 105 Å². The van der Waals surface area contributed by atoms with Gasteiger partial charge in [-0.2, -0.15) is 4.98 Å². The first-order valence-corrected chi connectivity index (χ1v) is 11.2. The van der Waals surface area contributed by atoms with Gasteiger partial charge in [0.05, 0.1) is 17.2 Å². The molecule has 9 nitrogen and oxygen atoms in total. The molecule has 0 radical (unpaired) electrons. The number of nitrogens with one attached hydrogen (secondary N) is 2. The molecule has 2 aromatic heterocycles. The molecule has 0 saturated carbocycles. The van der Waals surface area contributed by atoms with Crippen LogP contribution in [0.1, 0.15) is 19.5 Å². The van der Waals surface area contributed by atoms with Crippen LogP contribution in [0.4, 0.5) is 23.1 Å². The van der Waals surface area contributed by atoms with Gasteiger partial charge in [-0.1, -0.05) is 12.1 Å². The van der Waals surface area contributed by atoms with Crippen molar-refractivity contribution < 1.29 is 4.79 Å². The Morgan fingerprint density at radius 1 is 1.00 bits per heavy atom. The lowest BCUT2D eigenvalue weighted by Gasteiger charge is -2.20. The van der Waals surface area contributed by atoms with Gasteiger partial charge in [0.2, 0.25) is 11.9 Å². The SMILES string of the molecule is CCN(CC)c1cc(C)nc(Nc2ccc(NC(=O)Cn3cnc4ccccc4c3=O)cc2)n1. The Morgan fingerprint density at radius 2 is 1.71 bits per heavy atom. The van der Waals surface area contributed by atoms with Gasteiger partial charge in [0.15, 0.2) is 0 Å². The largest absolute Gasteiger partial charge is 0.357 e. The van der Waals surface area contributed by atoms with E-state index in [1.165, 1.54) is 10.9 Å². The standard InChI is InChI=1S/C25H27N7O2/c1-4-31(5-2)22-14-17(3)27-25(30-22)29-19-12-10-18(11-13-19)28-23(33)15-32-16-26-21-9-7-6-8-20(21)24(32)34/h6-14,16H,4-5,15H2,1-3H3,(H,28,33)(H,27,29,30). The van der Waals surface area contributed by atoms with Crippen LogP contribution in [0.3, 0.4) is 0 Å². The summed E-state index contributed by atoms with van der Waals surface area (Å²) in [6.45, 7) is 7.73. The van der Waals surface area contributed by atoms with Gasteiger partial charge in [-0.25, -0.2) is 9.97 Å². The number of benzene rings is 2. The molecule has 0 aliphatic rings. The molecular formula is C25H27N7O2. The van der Waals surface area contributed by atoms with Gasteiger partial charge in [0.25, 0.3) is 5.56 Å². The molecule has 0 saturated heterocycles. The summed E-state index contributed by atoms with van der Waals surface area (Å²) < 4.78 is 1.30. The fourth-order valence-corrected chi connectivity index (χ4v) is 3.66. The molecule has 0 fully saturated rings. The number of carbonyl (C=O) groups is 1. The first-order valence-electron chi connectivity index (χ1n) is 11.2. The van der Waals surface area contributed by atoms with Gasteiger partial charge in [-0.05, 0) is 57.2 Å². The zero-order valence-corrected chi connectivity index (χ0v) is 19.4. The molecule has 2 aromatic carbocycles. The van der Waals surface area contributed by atoms with Crippen molar-refractivity contribution >= 4 is 40.0 Å². The fourth-order valence-electron chi connectivity index (χ4n) is 3.66. The van der Waals surface area contributed by atoms with Crippen LogP contribution >= 0.6 is 0 Å². The average molecular weight is 458 g/mol. The lowest BCUT2D eigenvalue weighted by Crippen LogP contribution is -2.27. The van der Waals surface area contributed by atoms with Crippen LogP contribution in [0.2, 0.25) is 0 Å². The van der Waals surface area contributed by atoms with E-state index in [1.807, 2.05) is 31.2 Å². The Balaban J connectivity index is 1.42. The molecule has 0 atom stereocenters. The number of rotatable bonds is 8. The number of nitrogens with zero attached hydrogens (tertiary/aromatic N) is 5.